The number of nitrogens with zero attached hydrogens (tertiary/aromatic N) is 5. The van der Waals surface area contributed by atoms with Gasteiger partial charge in [-0.1, -0.05) is 77.4 Å². The highest BCUT2D eigenvalue weighted by Gasteiger charge is 2.15. The molecule has 4 aromatic rings. The molecule has 0 aliphatic rings. The van der Waals surface area contributed by atoms with E-state index in [0.717, 1.165) is 30.9 Å². The van der Waals surface area contributed by atoms with Gasteiger partial charge in [0.25, 0.3) is 0 Å². The number of aryl methyl sites for hydroxylation is 2. The standard InChI is InChI=1S/C21H32N6O.C16H19ClN4O/c1-15-14-18(22-12-7-13-27(5)6)25-19(23-15)26-20(28)24-17-10-8-16(9-11-17)21(2,3)4;1-10-9-13(17)20-14(18-10)21-15(22)19-12-7-5-11(6-8-12)16(2,3)4/h8-11,14H,7,12-13H2,1-6H3,(H3,22,23,24,25,26,28);5-9H,1-4H3,(H2,18,19,20,21,22). The normalized spacial score (nSPS) is 11.3. The quantitative estimate of drug-likeness (QED) is 0.0861. The molecule has 4 rings (SSSR count). The van der Waals surface area contributed by atoms with Crippen molar-refractivity contribution in [2.75, 3.05) is 53.8 Å². The summed E-state index contributed by atoms with van der Waals surface area (Å²) >= 11 is 5.83. The van der Waals surface area contributed by atoms with Crippen LogP contribution >= 0.6 is 11.6 Å². The van der Waals surface area contributed by atoms with Crippen LogP contribution in [0.25, 0.3) is 0 Å². The third-order valence-electron chi connectivity index (χ3n) is 7.23. The van der Waals surface area contributed by atoms with Crippen molar-refractivity contribution in [1.82, 2.24) is 24.8 Å². The van der Waals surface area contributed by atoms with E-state index in [2.05, 4.69) is 93.0 Å². The van der Waals surface area contributed by atoms with Crippen LogP contribution in [0.3, 0.4) is 0 Å². The maximum Gasteiger partial charge on any atom is 0.326 e. The van der Waals surface area contributed by atoms with Gasteiger partial charge >= 0.3 is 12.1 Å². The minimum absolute atomic E-state index is 0.0755. The van der Waals surface area contributed by atoms with Gasteiger partial charge in [0.1, 0.15) is 11.0 Å². The summed E-state index contributed by atoms with van der Waals surface area (Å²) < 4.78 is 0. The first-order valence-electron chi connectivity index (χ1n) is 16.5. The van der Waals surface area contributed by atoms with Crippen molar-refractivity contribution in [2.45, 2.75) is 72.6 Å². The molecule has 0 atom stereocenters. The highest BCUT2D eigenvalue weighted by molar-refractivity contribution is 6.29. The average molecular weight is 703 g/mol. The number of rotatable bonds is 9. The molecule has 4 amide bonds. The fraction of sp³-hybridized carbons (Fsp3) is 0.405. The van der Waals surface area contributed by atoms with Gasteiger partial charge in [0.05, 0.1) is 0 Å². The van der Waals surface area contributed by atoms with Crippen LogP contribution in [-0.2, 0) is 10.8 Å². The van der Waals surface area contributed by atoms with Gasteiger partial charge in [-0.05, 0) is 93.2 Å². The SMILES string of the molecule is Cc1cc(Cl)nc(NC(=O)Nc2ccc(C(C)(C)C)cc2)n1.Cc1cc(NCCCN(C)C)nc(NC(=O)Nc2ccc(C(C)(C)C)cc2)n1. The van der Waals surface area contributed by atoms with Crippen LogP contribution in [0.15, 0.2) is 60.7 Å². The summed E-state index contributed by atoms with van der Waals surface area (Å²) in [5.74, 6) is 1.16. The molecule has 2 aromatic heterocycles. The van der Waals surface area contributed by atoms with E-state index in [1.807, 2.05) is 75.6 Å². The van der Waals surface area contributed by atoms with E-state index in [1.165, 1.54) is 11.1 Å². The van der Waals surface area contributed by atoms with Crippen LogP contribution in [0.5, 0.6) is 0 Å². The van der Waals surface area contributed by atoms with Crippen LogP contribution in [-0.4, -0.2) is 64.1 Å². The molecule has 0 radical (unpaired) electrons. The van der Waals surface area contributed by atoms with Crippen molar-refractivity contribution in [3.05, 3.63) is 88.3 Å². The number of hydrogen-bond donors (Lipinski definition) is 5. The number of amides is 4. The highest BCUT2D eigenvalue weighted by atomic mass is 35.5. The molecule has 12 nitrogen and oxygen atoms in total. The van der Waals surface area contributed by atoms with Gasteiger partial charge in [-0.3, -0.25) is 10.6 Å². The highest BCUT2D eigenvalue weighted by Crippen LogP contribution is 2.24. The zero-order chi connectivity index (χ0) is 37.1. The predicted molar refractivity (Wildman–Crippen MR) is 206 cm³/mol. The Labute approximate surface area is 301 Å². The molecule has 268 valence electrons. The Morgan fingerprint density at radius 2 is 1.10 bits per heavy atom. The summed E-state index contributed by atoms with van der Waals surface area (Å²) in [6.07, 6.45) is 1.00. The van der Waals surface area contributed by atoms with Crippen molar-refractivity contribution >= 4 is 52.8 Å². The van der Waals surface area contributed by atoms with Gasteiger partial charge in [-0.25, -0.2) is 24.5 Å². The molecule has 0 unspecified atom stereocenters. The van der Waals surface area contributed by atoms with E-state index in [9.17, 15) is 9.59 Å². The number of hydrogen-bond acceptors (Lipinski definition) is 8. The van der Waals surface area contributed by atoms with E-state index in [-0.39, 0.29) is 33.9 Å². The number of aromatic nitrogens is 4. The maximum atomic E-state index is 12.3. The van der Waals surface area contributed by atoms with Gasteiger partial charge < -0.3 is 20.9 Å². The molecule has 0 bridgehead atoms. The molecule has 0 saturated carbocycles. The predicted octanol–water partition coefficient (Wildman–Crippen LogP) is 8.47. The summed E-state index contributed by atoms with van der Waals surface area (Å²) in [6, 6.07) is 18.3. The topological polar surface area (TPSA) is 149 Å². The Morgan fingerprint density at radius 1 is 0.660 bits per heavy atom. The van der Waals surface area contributed by atoms with Gasteiger partial charge in [0.15, 0.2) is 0 Å². The average Bonchev–Trinajstić information content (AvgIpc) is 2.98. The Bertz CT molecular complexity index is 1690. The van der Waals surface area contributed by atoms with Crippen molar-refractivity contribution in [3.63, 3.8) is 0 Å². The summed E-state index contributed by atoms with van der Waals surface area (Å²) in [7, 11) is 4.10. The summed E-state index contributed by atoms with van der Waals surface area (Å²) in [5.41, 5.74) is 5.46. The zero-order valence-corrected chi connectivity index (χ0v) is 31.6. The molecule has 0 spiro atoms. The van der Waals surface area contributed by atoms with E-state index in [0.29, 0.717) is 17.2 Å². The number of benzene rings is 2. The first-order valence-corrected chi connectivity index (χ1v) is 16.9. The smallest absolute Gasteiger partial charge is 0.326 e. The van der Waals surface area contributed by atoms with E-state index < -0.39 is 6.03 Å². The molecular formula is C37H51ClN10O2. The monoisotopic (exact) mass is 702 g/mol. The number of carbonyl (C=O) groups excluding carboxylic acids is 2. The van der Waals surface area contributed by atoms with Crippen molar-refractivity contribution in [3.8, 4) is 0 Å². The molecule has 0 saturated heterocycles. The second-order valence-electron chi connectivity index (χ2n) is 14.3. The van der Waals surface area contributed by atoms with Crippen molar-refractivity contribution in [2.24, 2.45) is 0 Å². The second kappa shape index (κ2) is 17.7. The van der Waals surface area contributed by atoms with Gasteiger partial charge in [-0.2, -0.15) is 4.98 Å². The molecule has 13 heteroatoms. The lowest BCUT2D eigenvalue weighted by atomic mass is 9.87. The summed E-state index contributed by atoms with van der Waals surface area (Å²) in [4.78, 5) is 43.1. The second-order valence-corrected chi connectivity index (χ2v) is 14.7. The first-order chi connectivity index (χ1) is 23.4. The van der Waals surface area contributed by atoms with Crippen molar-refractivity contribution < 1.29 is 9.59 Å². The number of urea groups is 2. The van der Waals surface area contributed by atoms with E-state index >= 15 is 0 Å². The van der Waals surface area contributed by atoms with E-state index in [1.54, 1.807) is 13.0 Å². The summed E-state index contributed by atoms with van der Waals surface area (Å²) in [5, 5.41) is 14.4. The molecule has 0 fully saturated rings. The first kappa shape index (κ1) is 39.6. The van der Waals surface area contributed by atoms with E-state index in [4.69, 9.17) is 11.6 Å². The third-order valence-corrected chi connectivity index (χ3v) is 7.43. The van der Waals surface area contributed by atoms with Gasteiger partial charge in [0.2, 0.25) is 11.9 Å². The lowest BCUT2D eigenvalue weighted by Crippen LogP contribution is -2.22. The Morgan fingerprint density at radius 3 is 1.52 bits per heavy atom. The lowest BCUT2D eigenvalue weighted by Gasteiger charge is -2.19. The van der Waals surface area contributed by atoms with Gasteiger partial charge in [0, 0.05) is 35.4 Å². The number of anilines is 5. The van der Waals surface area contributed by atoms with Crippen LogP contribution in [0.2, 0.25) is 5.15 Å². The lowest BCUT2D eigenvalue weighted by molar-refractivity contribution is 0.261. The molecule has 5 N–H and O–H groups in total. The number of halogens is 1. The zero-order valence-electron chi connectivity index (χ0n) is 30.8. The minimum atomic E-state index is -0.412. The molecule has 50 heavy (non-hydrogen) atoms. The maximum absolute atomic E-state index is 12.3. The Balaban J connectivity index is 0.000000278. The summed E-state index contributed by atoms with van der Waals surface area (Å²) in [6.45, 7) is 18.3. The largest absolute Gasteiger partial charge is 0.370 e. The fourth-order valence-electron chi connectivity index (χ4n) is 4.55. The number of nitrogens with one attached hydrogen (secondary N) is 5. The van der Waals surface area contributed by atoms with Crippen LogP contribution < -0.4 is 26.6 Å². The Kier molecular flexibility index (Phi) is 14.0. The van der Waals surface area contributed by atoms with Crippen LogP contribution in [0.1, 0.15) is 70.5 Å². The van der Waals surface area contributed by atoms with Crippen LogP contribution in [0, 0.1) is 13.8 Å². The number of carbonyl (C=O) groups is 2. The molecule has 0 aliphatic heterocycles. The molecule has 2 aromatic carbocycles. The molecule has 0 aliphatic carbocycles. The van der Waals surface area contributed by atoms with Gasteiger partial charge in [-0.15, -0.1) is 0 Å². The minimum Gasteiger partial charge on any atom is -0.370 e. The van der Waals surface area contributed by atoms with Crippen molar-refractivity contribution in [1.29, 1.82) is 0 Å². The Hall–Kier alpha value is -4.81. The molecule has 2 heterocycles. The van der Waals surface area contributed by atoms with Crippen LogP contribution in [0.4, 0.5) is 38.7 Å². The third kappa shape index (κ3) is 14.0. The fourth-order valence-corrected chi connectivity index (χ4v) is 4.79. The molecular weight excluding hydrogens is 652 g/mol.